The molecule has 1 aromatic carbocycles. The molecule has 194 valence electrons. The molecule has 3 fully saturated rings. The summed E-state index contributed by atoms with van der Waals surface area (Å²) in [4.78, 5) is 28.0. The third-order valence-corrected chi connectivity index (χ3v) is 8.32. The smallest absolute Gasteiger partial charge is 0.469 e. The van der Waals surface area contributed by atoms with Gasteiger partial charge >= 0.3 is 18.1 Å². The first-order valence-corrected chi connectivity index (χ1v) is 12.4. The SMILES string of the molecule is COCC1(CN(C(=O)C(F)(F)F)[C@@H]2C[C@H]2c2ccccc2)CCN(C2(CC(=O)OC)CCC2)CC1. The van der Waals surface area contributed by atoms with Crippen molar-refractivity contribution >= 4 is 11.9 Å². The highest BCUT2D eigenvalue weighted by molar-refractivity contribution is 5.82. The fraction of sp³-hybridized carbons (Fsp3) is 0.692. The summed E-state index contributed by atoms with van der Waals surface area (Å²) in [7, 11) is 2.94. The summed E-state index contributed by atoms with van der Waals surface area (Å²) in [6.07, 6.45) is 0.0337. The molecule has 4 rings (SSSR count). The van der Waals surface area contributed by atoms with Crippen LogP contribution in [0.5, 0.6) is 0 Å². The minimum absolute atomic E-state index is 0.0189. The van der Waals surface area contributed by atoms with Gasteiger partial charge in [0.1, 0.15) is 0 Å². The molecule has 0 N–H and O–H groups in total. The summed E-state index contributed by atoms with van der Waals surface area (Å²) in [6, 6.07) is 8.96. The molecule has 3 aliphatic rings. The molecule has 0 bridgehead atoms. The molecule has 0 spiro atoms. The second-order valence-corrected chi connectivity index (χ2v) is 10.5. The maximum atomic E-state index is 13.6. The van der Waals surface area contributed by atoms with Crippen molar-refractivity contribution in [3.05, 3.63) is 35.9 Å². The summed E-state index contributed by atoms with van der Waals surface area (Å²) in [5.41, 5.74) is 0.178. The Kier molecular flexibility index (Phi) is 7.48. The second kappa shape index (κ2) is 10.1. The van der Waals surface area contributed by atoms with Crippen molar-refractivity contribution in [1.82, 2.24) is 9.80 Å². The van der Waals surface area contributed by atoms with Crippen LogP contribution in [0, 0.1) is 5.41 Å². The monoisotopic (exact) mass is 496 g/mol. The lowest BCUT2D eigenvalue weighted by Gasteiger charge is -2.54. The van der Waals surface area contributed by atoms with E-state index in [1.165, 1.54) is 7.11 Å². The Morgan fingerprint density at radius 3 is 2.26 bits per heavy atom. The van der Waals surface area contributed by atoms with Gasteiger partial charge in [-0.15, -0.1) is 0 Å². The number of likely N-dealkylation sites (tertiary alicyclic amines) is 1. The van der Waals surface area contributed by atoms with Crippen molar-refractivity contribution in [1.29, 1.82) is 0 Å². The lowest BCUT2D eigenvalue weighted by atomic mass is 9.70. The number of alkyl halides is 3. The van der Waals surface area contributed by atoms with Crippen LogP contribution in [0.4, 0.5) is 13.2 Å². The number of piperidine rings is 1. The maximum absolute atomic E-state index is 13.6. The highest BCUT2D eigenvalue weighted by Gasteiger charge is 2.55. The number of amides is 1. The highest BCUT2D eigenvalue weighted by Crippen LogP contribution is 2.49. The molecule has 2 saturated carbocycles. The molecule has 0 aromatic heterocycles. The normalized spacial score (nSPS) is 25.4. The van der Waals surface area contributed by atoms with E-state index in [0.29, 0.717) is 38.8 Å². The Labute approximate surface area is 204 Å². The molecule has 0 unspecified atom stereocenters. The average Bonchev–Trinajstić information content (AvgIpc) is 3.61. The van der Waals surface area contributed by atoms with E-state index in [9.17, 15) is 22.8 Å². The third-order valence-electron chi connectivity index (χ3n) is 8.32. The van der Waals surface area contributed by atoms with Crippen molar-refractivity contribution in [3.8, 4) is 0 Å². The second-order valence-electron chi connectivity index (χ2n) is 10.5. The Bertz CT molecular complexity index is 896. The summed E-state index contributed by atoms with van der Waals surface area (Å²) in [5, 5.41) is 0. The average molecular weight is 497 g/mol. The van der Waals surface area contributed by atoms with Crippen LogP contribution in [-0.2, 0) is 19.1 Å². The van der Waals surface area contributed by atoms with Crippen molar-refractivity contribution in [2.24, 2.45) is 5.41 Å². The van der Waals surface area contributed by atoms with E-state index in [0.717, 1.165) is 29.7 Å². The first-order valence-electron chi connectivity index (χ1n) is 12.4. The molecule has 35 heavy (non-hydrogen) atoms. The van der Waals surface area contributed by atoms with Crippen LogP contribution in [0.15, 0.2) is 30.3 Å². The molecule has 2 atom stereocenters. The first kappa shape index (κ1) is 25.9. The number of rotatable bonds is 9. The van der Waals surface area contributed by atoms with Gasteiger partial charge in [-0.3, -0.25) is 14.5 Å². The molecular weight excluding hydrogens is 461 g/mol. The Balaban J connectivity index is 1.50. The number of nitrogens with zero attached hydrogens (tertiary/aromatic N) is 2. The predicted octanol–water partition coefficient (Wildman–Crippen LogP) is 4.15. The summed E-state index contributed by atoms with van der Waals surface area (Å²) in [6.45, 7) is 1.61. The zero-order valence-electron chi connectivity index (χ0n) is 20.5. The number of ether oxygens (including phenoxy) is 2. The molecule has 1 aliphatic heterocycles. The molecule has 1 heterocycles. The summed E-state index contributed by atoms with van der Waals surface area (Å²) >= 11 is 0. The number of esters is 1. The number of halogens is 3. The Hall–Kier alpha value is -2.13. The Morgan fingerprint density at radius 2 is 1.74 bits per heavy atom. The van der Waals surface area contributed by atoms with Gasteiger partial charge in [-0.2, -0.15) is 13.2 Å². The van der Waals surface area contributed by atoms with Crippen LogP contribution in [0.3, 0.4) is 0 Å². The highest BCUT2D eigenvalue weighted by atomic mass is 19.4. The number of carbonyl (C=O) groups excluding carboxylic acids is 2. The van der Waals surface area contributed by atoms with Crippen LogP contribution < -0.4 is 0 Å². The van der Waals surface area contributed by atoms with Crippen LogP contribution in [0.25, 0.3) is 0 Å². The van der Waals surface area contributed by atoms with E-state index < -0.39 is 23.5 Å². The van der Waals surface area contributed by atoms with E-state index in [-0.39, 0.29) is 30.6 Å². The standard InChI is InChI=1S/C26H35F3N2O4/c1-34-18-24(11-13-30(14-12-24)25(9-6-10-25)16-22(32)35-2)17-31(23(33)26(27,28)29)21-15-20(21)19-7-4-3-5-8-19/h3-5,7-8,20-21H,6,9-18H2,1-2H3/t20-,21+/m0/s1. The van der Waals surface area contributed by atoms with Gasteiger partial charge in [0.05, 0.1) is 20.1 Å². The van der Waals surface area contributed by atoms with E-state index in [1.807, 2.05) is 30.3 Å². The van der Waals surface area contributed by atoms with Gasteiger partial charge in [-0.05, 0) is 57.2 Å². The molecular formula is C26H35F3N2O4. The third kappa shape index (κ3) is 5.50. The minimum atomic E-state index is -4.92. The van der Waals surface area contributed by atoms with Gasteiger partial charge in [0.15, 0.2) is 0 Å². The summed E-state index contributed by atoms with van der Waals surface area (Å²) < 4.78 is 51.3. The zero-order valence-corrected chi connectivity index (χ0v) is 20.5. The fourth-order valence-corrected chi connectivity index (χ4v) is 6.09. The van der Waals surface area contributed by atoms with E-state index in [1.54, 1.807) is 7.11 Å². The van der Waals surface area contributed by atoms with Crippen LogP contribution in [-0.4, -0.2) is 79.9 Å². The number of benzene rings is 1. The quantitative estimate of drug-likeness (QED) is 0.481. The van der Waals surface area contributed by atoms with Gasteiger partial charge in [0, 0.05) is 36.6 Å². The van der Waals surface area contributed by atoms with Crippen LogP contribution in [0.1, 0.15) is 56.4 Å². The molecule has 2 aliphatic carbocycles. The molecule has 6 nitrogen and oxygen atoms in total. The van der Waals surface area contributed by atoms with Gasteiger partial charge in [-0.1, -0.05) is 30.3 Å². The fourth-order valence-electron chi connectivity index (χ4n) is 6.09. The largest absolute Gasteiger partial charge is 0.471 e. The number of methoxy groups -OCH3 is 2. The zero-order chi connectivity index (χ0) is 25.3. The topological polar surface area (TPSA) is 59.1 Å². The summed E-state index contributed by atoms with van der Waals surface area (Å²) in [5.74, 6) is -2.08. The number of hydrogen-bond donors (Lipinski definition) is 0. The van der Waals surface area contributed by atoms with Gasteiger partial charge in [0.2, 0.25) is 0 Å². The lowest BCUT2D eigenvalue weighted by molar-refractivity contribution is -0.189. The molecule has 9 heteroatoms. The van der Waals surface area contributed by atoms with Gasteiger partial charge < -0.3 is 14.4 Å². The number of hydrogen-bond acceptors (Lipinski definition) is 5. The Morgan fingerprint density at radius 1 is 1.09 bits per heavy atom. The molecule has 0 radical (unpaired) electrons. The van der Waals surface area contributed by atoms with Crippen LogP contribution in [0.2, 0.25) is 0 Å². The maximum Gasteiger partial charge on any atom is 0.471 e. The van der Waals surface area contributed by atoms with Gasteiger partial charge in [0.25, 0.3) is 0 Å². The molecule has 1 saturated heterocycles. The van der Waals surface area contributed by atoms with Gasteiger partial charge in [-0.25, -0.2) is 0 Å². The lowest BCUT2D eigenvalue weighted by Crippen LogP contribution is -2.60. The molecule has 1 amide bonds. The number of carbonyl (C=O) groups is 2. The van der Waals surface area contributed by atoms with E-state index in [4.69, 9.17) is 9.47 Å². The van der Waals surface area contributed by atoms with Crippen molar-refractivity contribution < 1.29 is 32.2 Å². The van der Waals surface area contributed by atoms with E-state index >= 15 is 0 Å². The molecule has 1 aromatic rings. The van der Waals surface area contributed by atoms with E-state index in [2.05, 4.69) is 4.90 Å². The van der Waals surface area contributed by atoms with Crippen molar-refractivity contribution in [3.63, 3.8) is 0 Å². The van der Waals surface area contributed by atoms with Crippen molar-refractivity contribution in [2.75, 3.05) is 40.5 Å². The predicted molar refractivity (Wildman–Crippen MR) is 124 cm³/mol. The van der Waals surface area contributed by atoms with Crippen molar-refractivity contribution in [2.45, 2.75) is 68.6 Å². The van der Waals surface area contributed by atoms with Crippen LogP contribution >= 0.6 is 0 Å². The first-order chi connectivity index (χ1) is 16.6. The minimum Gasteiger partial charge on any atom is -0.469 e.